The van der Waals surface area contributed by atoms with E-state index in [4.69, 9.17) is 0 Å². The molecule has 1 aliphatic heterocycles. The molecule has 0 aliphatic carbocycles. The molecule has 1 atom stereocenters. The second-order valence-corrected chi connectivity index (χ2v) is 6.58. The molecule has 3 rings (SSSR count). The number of carbonyl (C=O) groups excluding carboxylic acids is 1. The van der Waals surface area contributed by atoms with Crippen molar-refractivity contribution in [1.82, 2.24) is 15.2 Å². The van der Waals surface area contributed by atoms with Crippen LogP contribution < -0.4 is 10.6 Å². The Bertz CT molecular complexity index is 731. The van der Waals surface area contributed by atoms with Crippen molar-refractivity contribution < 1.29 is 4.79 Å². The number of carbonyl (C=O) groups is 1. The normalized spacial score (nSPS) is 17.4. The van der Waals surface area contributed by atoms with Gasteiger partial charge in [0.2, 0.25) is 0 Å². The molecule has 0 spiro atoms. The van der Waals surface area contributed by atoms with Crippen LogP contribution in [-0.4, -0.2) is 49.0 Å². The maximum absolute atomic E-state index is 12.2. The Labute approximate surface area is 149 Å². The highest BCUT2D eigenvalue weighted by Gasteiger charge is 2.24. The standard InChI is InChI=1S/C20H26N4O/c1-15-5-3-4-6-18(15)17-8-11-24(14-17)12-10-23-20(25)16-7-9-22-19(13-16)21-2/h3-7,9,13,17H,8,10-12,14H2,1-2H3,(H,21,22)(H,23,25)/t17-/m0/s1. The first-order chi connectivity index (χ1) is 12.2. The Hall–Kier alpha value is -2.40. The number of amides is 1. The van der Waals surface area contributed by atoms with Crippen LogP contribution in [0, 0.1) is 6.92 Å². The van der Waals surface area contributed by atoms with E-state index in [2.05, 4.69) is 51.7 Å². The lowest BCUT2D eigenvalue weighted by Crippen LogP contribution is -2.33. The van der Waals surface area contributed by atoms with E-state index >= 15 is 0 Å². The van der Waals surface area contributed by atoms with Gasteiger partial charge in [0.1, 0.15) is 5.82 Å². The van der Waals surface area contributed by atoms with E-state index in [9.17, 15) is 4.79 Å². The number of rotatable bonds is 6. The number of aryl methyl sites for hydroxylation is 1. The fraction of sp³-hybridized carbons (Fsp3) is 0.400. The number of nitrogens with one attached hydrogen (secondary N) is 2. The average Bonchev–Trinajstić information content (AvgIpc) is 3.10. The van der Waals surface area contributed by atoms with Gasteiger partial charge in [-0.1, -0.05) is 24.3 Å². The Balaban J connectivity index is 1.47. The first-order valence-electron chi connectivity index (χ1n) is 8.87. The van der Waals surface area contributed by atoms with Gasteiger partial charge in [-0.15, -0.1) is 0 Å². The number of aromatic nitrogens is 1. The molecule has 1 aromatic heterocycles. The summed E-state index contributed by atoms with van der Waals surface area (Å²) in [5.74, 6) is 1.26. The summed E-state index contributed by atoms with van der Waals surface area (Å²) in [5.41, 5.74) is 3.48. The molecule has 1 saturated heterocycles. The van der Waals surface area contributed by atoms with E-state index in [1.54, 1.807) is 25.4 Å². The molecule has 5 nitrogen and oxygen atoms in total. The second kappa shape index (κ2) is 8.12. The maximum atomic E-state index is 12.2. The SMILES string of the molecule is CNc1cc(C(=O)NCCN2CC[C@H](c3ccccc3C)C2)ccn1. The van der Waals surface area contributed by atoms with Crippen LogP contribution in [0.3, 0.4) is 0 Å². The Kier molecular flexibility index (Phi) is 5.66. The van der Waals surface area contributed by atoms with Gasteiger partial charge in [-0.3, -0.25) is 4.79 Å². The molecule has 25 heavy (non-hydrogen) atoms. The minimum absolute atomic E-state index is 0.0476. The number of anilines is 1. The van der Waals surface area contributed by atoms with Gasteiger partial charge in [-0.05, 0) is 49.1 Å². The van der Waals surface area contributed by atoms with E-state index in [0.29, 0.717) is 23.8 Å². The molecule has 5 heteroatoms. The van der Waals surface area contributed by atoms with Gasteiger partial charge < -0.3 is 15.5 Å². The van der Waals surface area contributed by atoms with Gasteiger partial charge in [0.15, 0.2) is 0 Å². The highest BCUT2D eigenvalue weighted by molar-refractivity contribution is 5.94. The molecule has 0 radical (unpaired) electrons. The number of likely N-dealkylation sites (tertiary alicyclic amines) is 1. The van der Waals surface area contributed by atoms with Crippen LogP contribution in [0.2, 0.25) is 0 Å². The van der Waals surface area contributed by atoms with Crippen LogP contribution in [-0.2, 0) is 0 Å². The molecule has 1 aromatic carbocycles. The fourth-order valence-electron chi connectivity index (χ4n) is 3.47. The second-order valence-electron chi connectivity index (χ2n) is 6.58. The summed E-state index contributed by atoms with van der Waals surface area (Å²) in [7, 11) is 1.79. The summed E-state index contributed by atoms with van der Waals surface area (Å²) in [6.45, 7) is 5.90. The number of pyridine rings is 1. The van der Waals surface area contributed by atoms with Crippen molar-refractivity contribution >= 4 is 11.7 Å². The van der Waals surface area contributed by atoms with E-state index in [1.807, 2.05) is 0 Å². The summed E-state index contributed by atoms with van der Waals surface area (Å²) in [5, 5.41) is 5.96. The minimum Gasteiger partial charge on any atom is -0.373 e. The van der Waals surface area contributed by atoms with Crippen LogP contribution in [0.1, 0.15) is 33.8 Å². The van der Waals surface area contributed by atoms with E-state index in [-0.39, 0.29) is 5.91 Å². The Morgan fingerprint density at radius 1 is 1.32 bits per heavy atom. The molecule has 0 saturated carbocycles. The van der Waals surface area contributed by atoms with E-state index < -0.39 is 0 Å². The van der Waals surface area contributed by atoms with Crippen molar-refractivity contribution in [3.05, 3.63) is 59.3 Å². The van der Waals surface area contributed by atoms with Crippen LogP contribution in [0.15, 0.2) is 42.6 Å². The lowest BCUT2D eigenvalue weighted by atomic mass is 9.94. The van der Waals surface area contributed by atoms with Crippen LogP contribution in [0.4, 0.5) is 5.82 Å². The summed E-state index contributed by atoms with van der Waals surface area (Å²) >= 11 is 0. The predicted molar refractivity (Wildman–Crippen MR) is 101 cm³/mol. The topological polar surface area (TPSA) is 57.3 Å². The third-order valence-corrected chi connectivity index (χ3v) is 4.89. The maximum Gasteiger partial charge on any atom is 0.251 e. The molecular weight excluding hydrogens is 312 g/mol. The van der Waals surface area contributed by atoms with Gasteiger partial charge in [-0.25, -0.2) is 4.98 Å². The Morgan fingerprint density at radius 2 is 2.16 bits per heavy atom. The van der Waals surface area contributed by atoms with Crippen molar-refractivity contribution in [2.45, 2.75) is 19.3 Å². The van der Waals surface area contributed by atoms with Gasteiger partial charge in [-0.2, -0.15) is 0 Å². The third-order valence-electron chi connectivity index (χ3n) is 4.89. The largest absolute Gasteiger partial charge is 0.373 e. The third kappa shape index (κ3) is 4.37. The zero-order chi connectivity index (χ0) is 17.6. The molecule has 1 fully saturated rings. The molecule has 2 aromatic rings. The van der Waals surface area contributed by atoms with Gasteiger partial charge in [0.25, 0.3) is 5.91 Å². The summed E-state index contributed by atoms with van der Waals surface area (Å²) in [6.07, 6.45) is 2.84. The van der Waals surface area contributed by atoms with Crippen LogP contribution in [0.25, 0.3) is 0 Å². The minimum atomic E-state index is -0.0476. The molecule has 0 bridgehead atoms. The molecule has 0 unspecified atom stereocenters. The van der Waals surface area contributed by atoms with Gasteiger partial charge >= 0.3 is 0 Å². The lowest BCUT2D eigenvalue weighted by Gasteiger charge is -2.17. The average molecular weight is 338 g/mol. The molecule has 2 heterocycles. The van der Waals surface area contributed by atoms with Crippen LogP contribution >= 0.6 is 0 Å². The monoisotopic (exact) mass is 338 g/mol. The highest BCUT2D eigenvalue weighted by Crippen LogP contribution is 2.28. The van der Waals surface area contributed by atoms with Crippen molar-refractivity contribution in [2.24, 2.45) is 0 Å². The molecule has 1 aliphatic rings. The molecular formula is C20H26N4O. The van der Waals surface area contributed by atoms with Crippen LogP contribution in [0.5, 0.6) is 0 Å². The first-order valence-corrected chi connectivity index (χ1v) is 8.87. The fourth-order valence-corrected chi connectivity index (χ4v) is 3.47. The smallest absolute Gasteiger partial charge is 0.251 e. The van der Waals surface area contributed by atoms with Crippen molar-refractivity contribution in [2.75, 3.05) is 38.5 Å². The van der Waals surface area contributed by atoms with Crippen molar-refractivity contribution in [3.8, 4) is 0 Å². The zero-order valence-electron chi connectivity index (χ0n) is 15.0. The van der Waals surface area contributed by atoms with Crippen molar-refractivity contribution in [1.29, 1.82) is 0 Å². The van der Waals surface area contributed by atoms with Crippen molar-refractivity contribution in [3.63, 3.8) is 0 Å². The van der Waals surface area contributed by atoms with E-state index in [1.165, 1.54) is 17.5 Å². The van der Waals surface area contributed by atoms with Gasteiger partial charge in [0.05, 0.1) is 0 Å². The van der Waals surface area contributed by atoms with Gasteiger partial charge in [0, 0.05) is 38.4 Å². The molecule has 1 amide bonds. The molecule has 2 N–H and O–H groups in total. The lowest BCUT2D eigenvalue weighted by molar-refractivity contribution is 0.0949. The first kappa shape index (κ1) is 17.4. The molecule has 132 valence electrons. The number of nitrogens with zero attached hydrogens (tertiary/aromatic N) is 2. The Morgan fingerprint density at radius 3 is 2.96 bits per heavy atom. The summed E-state index contributed by atoms with van der Waals surface area (Å²) < 4.78 is 0. The summed E-state index contributed by atoms with van der Waals surface area (Å²) in [4.78, 5) is 18.8. The van der Waals surface area contributed by atoms with E-state index in [0.717, 1.165) is 19.6 Å². The highest BCUT2D eigenvalue weighted by atomic mass is 16.1. The predicted octanol–water partition coefficient (Wildman–Crippen LogP) is 2.65. The quantitative estimate of drug-likeness (QED) is 0.850. The number of hydrogen-bond donors (Lipinski definition) is 2. The zero-order valence-corrected chi connectivity index (χ0v) is 15.0. The number of hydrogen-bond acceptors (Lipinski definition) is 4. The number of benzene rings is 1. The summed E-state index contributed by atoms with van der Waals surface area (Å²) in [6, 6.07) is 12.2.